The van der Waals surface area contributed by atoms with Gasteiger partial charge < -0.3 is 15.4 Å². The molecule has 3 aromatic rings. The number of nitrogens with zero attached hydrogens (tertiary/aromatic N) is 1. The molecule has 0 spiro atoms. The van der Waals surface area contributed by atoms with Crippen LogP contribution in [0.25, 0.3) is 11.3 Å². The molecule has 0 aliphatic rings. The van der Waals surface area contributed by atoms with Gasteiger partial charge in [0.15, 0.2) is 5.13 Å². The Bertz CT molecular complexity index is 955. The second-order valence-corrected chi connectivity index (χ2v) is 7.26. The number of rotatable bonds is 8. The van der Waals surface area contributed by atoms with Crippen LogP contribution < -0.4 is 10.6 Å². The number of anilines is 1. The predicted octanol–water partition coefficient (Wildman–Crippen LogP) is 4.28. The maximum Gasteiger partial charge on any atom is 0.338 e. The van der Waals surface area contributed by atoms with E-state index in [9.17, 15) is 9.59 Å². The topological polar surface area (TPSA) is 80.3 Å². The average Bonchev–Trinajstić information content (AvgIpc) is 3.21. The lowest BCUT2D eigenvalue weighted by atomic mass is 10.1. The van der Waals surface area contributed by atoms with Crippen molar-refractivity contribution in [1.82, 2.24) is 10.3 Å². The van der Waals surface area contributed by atoms with Gasteiger partial charge in [-0.25, -0.2) is 9.78 Å². The van der Waals surface area contributed by atoms with E-state index in [-0.39, 0.29) is 24.5 Å². The number of hydrogen-bond acceptors (Lipinski definition) is 6. The summed E-state index contributed by atoms with van der Waals surface area (Å²) in [7, 11) is 0. The minimum Gasteiger partial charge on any atom is -0.462 e. The number of esters is 1. The fourth-order valence-electron chi connectivity index (χ4n) is 2.72. The molecule has 0 aliphatic carbocycles. The number of ether oxygens (including phenoxy) is 1. The molecular weight excluding hydrogens is 386 g/mol. The summed E-state index contributed by atoms with van der Waals surface area (Å²) in [5, 5.41) is 8.43. The summed E-state index contributed by atoms with van der Waals surface area (Å²) in [6, 6.07) is 17.1. The highest BCUT2D eigenvalue weighted by Crippen LogP contribution is 2.25. The molecule has 0 saturated heterocycles. The van der Waals surface area contributed by atoms with Crippen LogP contribution in [0, 0.1) is 0 Å². The summed E-state index contributed by atoms with van der Waals surface area (Å²) >= 11 is 1.36. The van der Waals surface area contributed by atoms with Gasteiger partial charge in [0.25, 0.3) is 0 Å². The Balaban J connectivity index is 1.54. The largest absolute Gasteiger partial charge is 0.462 e. The second kappa shape index (κ2) is 9.95. The average molecular weight is 410 g/mol. The third-order valence-corrected chi connectivity index (χ3v) is 5.07. The first kappa shape index (κ1) is 20.7. The van der Waals surface area contributed by atoms with E-state index in [2.05, 4.69) is 15.6 Å². The van der Waals surface area contributed by atoms with Crippen molar-refractivity contribution < 1.29 is 14.3 Å². The maximum atomic E-state index is 12.2. The van der Waals surface area contributed by atoms with Crippen LogP contribution in [0.2, 0.25) is 0 Å². The van der Waals surface area contributed by atoms with Gasteiger partial charge in [0.1, 0.15) is 0 Å². The quantitative estimate of drug-likeness (QED) is 0.543. The summed E-state index contributed by atoms with van der Waals surface area (Å²) in [4.78, 5) is 28.4. The smallest absolute Gasteiger partial charge is 0.338 e. The molecule has 1 amide bonds. The normalized spacial score (nSPS) is 11.7. The zero-order valence-electron chi connectivity index (χ0n) is 16.3. The Hall–Kier alpha value is -3.03. The summed E-state index contributed by atoms with van der Waals surface area (Å²) in [6.07, 6.45) is 0. The molecule has 6 nitrogen and oxygen atoms in total. The van der Waals surface area contributed by atoms with Crippen molar-refractivity contribution in [1.29, 1.82) is 0 Å². The SMILES string of the molecule is CCOC(=O)c1ccc(-c2csc(NC(=O)CN[C@H](C)c3ccccc3)n2)cc1. The number of hydrogen-bond donors (Lipinski definition) is 2. The van der Waals surface area contributed by atoms with Gasteiger partial charge in [0.05, 0.1) is 24.4 Å². The first-order valence-electron chi connectivity index (χ1n) is 9.38. The minimum atomic E-state index is -0.345. The van der Waals surface area contributed by atoms with Crippen molar-refractivity contribution >= 4 is 28.3 Å². The van der Waals surface area contributed by atoms with Crippen LogP contribution >= 0.6 is 11.3 Å². The van der Waals surface area contributed by atoms with Crippen LogP contribution in [0.15, 0.2) is 60.0 Å². The molecule has 1 heterocycles. The van der Waals surface area contributed by atoms with Crippen LogP contribution in [-0.2, 0) is 9.53 Å². The first-order valence-corrected chi connectivity index (χ1v) is 10.3. The van der Waals surface area contributed by atoms with Gasteiger partial charge in [-0.15, -0.1) is 11.3 Å². The number of carbonyl (C=O) groups excluding carboxylic acids is 2. The Morgan fingerprint density at radius 1 is 1.10 bits per heavy atom. The molecular formula is C22H23N3O3S. The van der Waals surface area contributed by atoms with Crippen LogP contribution in [-0.4, -0.2) is 30.0 Å². The van der Waals surface area contributed by atoms with E-state index in [1.165, 1.54) is 11.3 Å². The monoisotopic (exact) mass is 409 g/mol. The molecule has 0 saturated carbocycles. The van der Waals surface area contributed by atoms with Crippen molar-refractivity contribution in [2.75, 3.05) is 18.5 Å². The molecule has 2 aromatic carbocycles. The zero-order valence-corrected chi connectivity index (χ0v) is 17.2. The minimum absolute atomic E-state index is 0.0757. The van der Waals surface area contributed by atoms with Crippen molar-refractivity contribution in [2.24, 2.45) is 0 Å². The van der Waals surface area contributed by atoms with Crippen molar-refractivity contribution in [3.8, 4) is 11.3 Å². The van der Waals surface area contributed by atoms with Crippen LogP contribution in [0.5, 0.6) is 0 Å². The van der Waals surface area contributed by atoms with E-state index in [1.807, 2.05) is 54.8 Å². The highest BCUT2D eigenvalue weighted by atomic mass is 32.1. The molecule has 0 fully saturated rings. The summed E-state index contributed by atoms with van der Waals surface area (Å²) in [5.74, 6) is -0.492. The van der Waals surface area contributed by atoms with E-state index < -0.39 is 0 Å². The predicted molar refractivity (Wildman–Crippen MR) is 115 cm³/mol. The Morgan fingerprint density at radius 2 is 1.83 bits per heavy atom. The van der Waals surface area contributed by atoms with E-state index >= 15 is 0 Å². The van der Waals surface area contributed by atoms with E-state index in [1.54, 1.807) is 19.1 Å². The molecule has 1 aromatic heterocycles. The van der Waals surface area contributed by atoms with Crippen molar-refractivity contribution in [3.63, 3.8) is 0 Å². The van der Waals surface area contributed by atoms with E-state index in [0.29, 0.717) is 17.3 Å². The summed E-state index contributed by atoms with van der Waals surface area (Å²) < 4.78 is 4.98. The maximum absolute atomic E-state index is 12.2. The Kier molecular flexibility index (Phi) is 7.10. The number of nitrogens with one attached hydrogen (secondary N) is 2. The van der Waals surface area contributed by atoms with Gasteiger partial charge in [-0.05, 0) is 31.5 Å². The molecule has 0 aliphatic heterocycles. The number of benzene rings is 2. The molecule has 150 valence electrons. The first-order chi connectivity index (χ1) is 14.1. The molecule has 3 rings (SSSR count). The van der Waals surface area contributed by atoms with Gasteiger partial charge in [-0.1, -0.05) is 42.5 Å². The van der Waals surface area contributed by atoms with Gasteiger partial charge in [-0.2, -0.15) is 0 Å². The fraction of sp³-hybridized carbons (Fsp3) is 0.227. The zero-order chi connectivity index (χ0) is 20.6. The van der Waals surface area contributed by atoms with Gasteiger partial charge in [0, 0.05) is 17.0 Å². The lowest BCUT2D eigenvalue weighted by Gasteiger charge is -2.13. The number of amides is 1. The second-order valence-electron chi connectivity index (χ2n) is 6.40. The Labute approximate surface area is 173 Å². The number of thiazole rings is 1. The number of carbonyl (C=O) groups is 2. The highest BCUT2D eigenvalue weighted by Gasteiger charge is 2.11. The summed E-state index contributed by atoms with van der Waals surface area (Å²) in [6.45, 7) is 4.33. The lowest BCUT2D eigenvalue weighted by Crippen LogP contribution is -2.30. The molecule has 0 unspecified atom stereocenters. The highest BCUT2D eigenvalue weighted by molar-refractivity contribution is 7.14. The van der Waals surface area contributed by atoms with Gasteiger partial charge >= 0.3 is 5.97 Å². The molecule has 0 radical (unpaired) electrons. The van der Waals surface area contributed by atoms with Gasteiger partial charge in [0.2, 0.25) is 5.91 Å². The lowest BCUT2D eigenvalue weighted by molar-refractivity contribution is -0.115. The molecule has 7 heteroatoms. The fourth-order valence-corrected chi connectivity index (χ4v) is 3.46. The molecule has 2 N–H and O–H groups in total. The van der Waals surface area contributed by atoms with E-state index in [0.717, 1.165) is 16.8 Å². The summed E-state index contributed by atoms with van der Waals surface area (Å²) in [5.41, 5.74) is 3.23. The molecule has 1 atom stereocenters. The van der Waals surface area contributed by atoms with Crippen LogP contribution in [0.1, 0.15) is 35.8 Å². The molecule has 0 bridgehead atoms. The van der Waals surface area contributed by atoms with Crippen LogP contribution in [0.3, 0.4) is 0 Å². The number of aromatic nitrogens is 1. The van der Waals surface area contributed by atoms with Crippen molar-refractivity contribution in [3.05, 3.63) is 71.1 Å². The standard InChI is InChI=1S/C22H23N3O3S/c1-3-28-21(27)18-11-9-17(10-12-18)19-14-29-22(24-19)25-20(26)13-23-15(2)16-7-5-4-6-8-16/h4-12,14-15,23H,3,13H2,1-2H3,(H,24,25,26)/t15-/m1/s1. The Morgan fingerprint density at radius 3 is 2.52 bits per heavy atom. The van der Waals surface area contributed by atoms with Gasteiger partial charge in [-0.3, -0.25) is 4.79 Å². The van der Waals surface area contributed by atoms with Crippen LogP contribution in [0.4, 0.5) is 5.13 Å². The molecule has 29 heavy (non-hydrogen) atoms. The third-order valence-electron chi connectivity index (χ3n) is 4.31. The van der Waals surface area contributed by atoms with E-state index in [4.69, 9.17) is 4.74 Å². The van der Waals surface area contributed by atoms with Crippen molar-refractivity contribution in [2.45, 2.75) is 19.9 Å². The third kappa shape index (κ3) is 5.73.